The summed E-state index contributed by atoms with van der Waals surface area (Å²) in [6.45, 7) is 2.21. The van der Waals surface area contributed by atoms with Crippen LogP contribution in [0.4, 0.5) is 0 Å². The van der Waals surface area contributed by atoms with Crippen molar-refractivity contribution in [3.05, 3.63) is 68.7 Å². The van der Waals surface area contributed by atoms with E-state index in [4.69, 9.17) is 17.3 Å². The predicted molar refractivity (Wildman–Crippen MR) is 90.2 cm³/mol. The normalized spacial score (nSPS) is 12.4. The standard InChI is InChI=1S/C17H19BrClN/c1-2-3-4-12-5-7-13(8-6-12)17(20)14-9-15(18)11-16(19)10-14/h5-11,17H,2-4,20H2,1H3. The van der Waals surface area contributed by atoms with Crippen LogP contribution in [0.25, 0.3) is 0 Å². The summed E-state index contributed by atoms with van der Waals surface area (Å²) < 4.78 is 0.954. The molecule has 0 heterocycles. The molecule has 3 heteroatoms. The Morgan fingerprint density at radius 2 is 1.80 bits per heavy atom. The minimum Gasteiger partial charge on any atom is -0.320 e. The third-order valence-corrected chi connectivity index (χ3v) is 4.08. The van der Waals surface area contributed by atoms with Crippen LogP contribution >= 0.6 is 27.5 Å². The molecule has 2 rings (SSSR count). The molecular weight excluding hydrogens is 334 g/mol. The van der Waals surface area contributed by atoms with Gasteiger partial charge in [0.1, 0.15) is 0 Å². The number of hydrogen-bond acceptors (Lipinski definition) is 1. The summed E-state index contributed by atoms with van der Waals surface area (Å²) in [6.07, 6.45) is 3.58. The highest BCUT2D eigenvalue weighted by Gasteiger charge is 2.10. The Bertz CT molecular complexity index is 545. The van der Waals surface area contributed by atoms with Gasteiger partial charge in [0, 0.05) is 9.50 Å². The van der Waals surface area contributed by atoms with E-state index in [9.17, 15) is 0 Å². The second-order valence-corrected chi connectivity index (χ2v) is 6.38. The topological polar surface area (TPSA) is 26.0 Å². The van der Waals surface area contributed by atoms with E-state index >= 15 is 0 Å². The molecule has 20 heavy (non-hydrogen) atoms. The number of halogens is 2. The van der Waals surface area contributed by atoms with Crippen molar-refractivity contribution in [2.75, 3.05) is 0 Å². The average molecular weight is 353 g/mol. The fourth-order valence-corrected chi connectivity index (χ4v) is 3.11. The van der Waals surface area contributed by atoms with E-state index in [1.165, 1.54) is 18.4 Å². The Hall–Kier alpha value is -0.830. The lowest BCUT2D eigenvalue weighted by Crippen LogP contribution is -2.11. The highest BCUT2D eigenvalue weighted by Crippen LogP contribution is 2.26. The van der Waals surface area contributed by atoms with E-state index in [0.717, 1.165) is 22.0 Å². The molecule has 0 aliphatic carbocycles. The number of benzene rings is 2. The molecule has 0 radical (unpaired) electrons. The fourth-order valence-electron chi connectivity index (χ4n) is 2.22. The number of aryl methyl sites for hydroxylation is 1. The molecule has 2 aromatic rings. The summed E-state index contributed by atoms with van der Waals surface area (Å²) >= 11 is 9.53. The van der Waals surface area contributed by atoms with Crippen molar-refractivity contribution in [3.63, 3.8) is 0 Å². The molecule has 1 nitrogen and oxygen atoms in total. The summed E-state index contributed by atoms with van der Waals surface area (Å²) in [5, 5.41) is 0.699. The molecule has 1 atom stereocenters. The van der Waals surface area contributed by atoms with Crippen molar-refractivity contribution in [2.24, 2.45) is 5.73 Å². The first kappa shape index (κ1) is 15.6. The molecule has 0 aromatic heterocycles. The van der Waals surface area contributed by atoms with Crippen LogP contribution in [0.1, 0.15) is 42.5 Å². The lowest BCUT2D eigenvalue weighted by atomic mass is 9.97. The van der Waals surface area contributed by atoms with E-state index < -0.39 is 0 Å². The van der Waals surface area contributed by atoms with Crippen LogP contribution in [0.15, 0.2) is 46.9 Å². The van der Waals surface area contributed by atoms with Gasteiger partial charge in [-0.15, -0.1) is 0 Å². The second kappa shape index (κ2) is 7.26. The highest BCUT2D eigenvalue weighted by molar-refractivity contribution is 9.10. The van der Waals surface area contributed by atoms with E-state index in [1.807, 2.05) is 18.2 Å². The van der Waals surface area contributed by atoms with Crippen LogP contribution < -0.4 is 5.73 Å². The summed E-state index contributed by atoms with van der Waals surface area (Å²) in [7, 11) is 0. The first-order chi connectivity index (χ1) is 9.60. The van der Waals surface area contributed by atoms with Crippen molar-refractivity contribution in [1.82, 2.24) is 0 Å². The van der Waals surface area contributed by atoms with Crippen molar-refractivity contribution in [2.45, 2.75) is 32.2 Å². The summed E-state index contributed by atoms with van der Waals surface area (Å²) in [4.78, 5) is 0. The van der Waals surface area contributed by atoms with Gasteiger partial charge in [-0.3, -0.25) is 0 Å². The molecule has 0 fully saturated rings. The zero-order valence-corrected chi connectivity index (χ0v) is 13.9. The van der Waals surface area contributed by atoms with E-state index in [2.05, 4.69) is 47.1 Å². The third-order valence-electron chi connectivity index (χ3n) is 3.40. The number of nitrogens with two attached hydrogens (primary N) is 1. The minimum absolute atomic E-state index is 0.148. The van der Waals surface area contributed by atoms with Gasteiger partial charge in [0.25, 0.3) is 0 Å². The minimum atomic E-state index is -0.148. The van der Waals surface area contributed by atoms with Crippen molar-refractivity contribution in [3.8, 4) is 0 Å². The first-order valence-electron chi connectivity index (χ1n) is 6.90. The Kier molecular flexibility index (Phi) is 5.64. The summed E-state index contributed by atoms with van der Waals surface area (Å²) in [5.74, 6) is 0. The lowest BCUT2D eigenvalue weighted by Gasteiger charge is -2.14. The number of rotatable bonds is 5. The van der Waals surface area contributed by atoms with Gasteiger partial charge in [-0.1, -0.05) is 65.1 Å². The highest BCUT2D eigenvalue weighted by atomic mass is 79.9. The molecule has 0 bridgehead atoms. The maximum absolute atomic E-state index is 6.32. The molecule has 0 saturated heterocycles. The zero-order valence-electron chi connectivity index (χ0n) is 11.6. The second-order valence-electron chi connectivity index (χ2n) is 5.03. The molecule has 1 unspecified atom stereocenters. The maximum atomic E-state index is 6.32. The molecular formula is C17H19BrClN. The summed E-state index contributed by atoms with van der Waals surface area (Å²) in [5.41, 5.74) is 9.82. The van der Waals surface area contributed by atoms with Crippen LogP contribution in [-0.4, -0.2) is 0 Å². The number of unbranched alkanes of at least 4 members (excludes halogenated alkanes) is 1. The van der Waals surface area contributed by atoms with Crippen LogP contribution in [0.3, 0.4) is 0 Å². The van der Waals surface area contributed by atoms with Gasteiger partial charge < -0.3 is 5.73 Å². The van der Waals surface area contributed by atoms with Crippen molar-refractivity contribution >= 4 is 27.5 Å². The van der Waals surface area contributed by atoms with Gasteiger partial charge in [0.15, 0.2) is 0 Å². The van der Waals surface area contributed by atoms with Gasteiger partial charge >= 0.3 is 0 Å². The molecule has 106 valence electrons. The van der Waals surface area contributed by atoms with E-state index in [1.54, 1.807) is 0 Å². The largest absolute Gasteiger partial charge is 0.320 e. The first-order valence-corrected chi connectivity index (χ1v) is 8.07. The van der Waals surface area contributed by atoms with Gasteiger partial charge in [-0.2, -0.15) is 0 Å². The van der Waals surface area contributed by atoms with Gasteiger partial charge in [0.2, 0.25) is 0 Å². The molecule has 0 spiro atoms. The summed E-state index contributed by atoms with van der Waals surface area (Å²) in [6, 6.07) is 14.2. The van der Waals surface area contributed by atoms with Gasteiger partial charge in [-0.05, 0) is 47.7 Å². The van der Waals surface area contributed by atoms with Crippen LogP contribution in [0.5, 0.6) is 0 Å². The quantitative estimate of drug-likeness (QED) is 0.756. The molecule has 0 aliphatic rings. The monoisotopic (exact) mass is 351 g/mol. The Balaban J connectivity index is 2.17. The SMILES string of the molecule is CCCCc1ccc(C(N)c2cc(Cl)cc(Br)c2)cc1. The molecule has 2 aromatic carbocycles. The molecule has 0 saturated carbocycles. The van der Waals surface area contributed by atoms with Crippen molar-refractivity contribution in [1.29, 1.82) is 0 Å². The Morgan fingerprint density at radius 1 is 1.10 bits per heavy atom. The van der Waals surface area contributed by atoms with E-state index in [0.29, 0.717) is 5.02 Å². The van der Waals surface area contributed by atoms with Crippen LogP contribution in [0.2, 0.25) is 5.02 Å². The van der Waals surface area contributed by atoms with E-state index in [-0.39, 0.29) is 6.04 Å². The van der Waals surface area contributed by atoms with Crippen molar-refractivity contribution < 1.29 is 0 Å². The lowest BCUT2D eigenvalue weighted by molar-refractivity contribution is 0.793. The smallest absolute Gasteiger partial charge is 0.0552 e. The number of hydrogen-bond donors (Lipinski definition) is 1. The predicted octanol–water partition coefficient (Wildman–Crippen LogP) is 5.49. The van der Waals surface area contributed by atoms with Gasteiger partial charge in [-0.25, -0.2) is 0 Å². The molecule has 2 N–H and O–H groups in total. The van der Waals surface area contributed by atoms with Crippen LogP contribution in [-0.2, 0) is 6.42 Å². The molecule has 0 aliphatic heterocycles. The fraction of sp³-hybridized carbons (Fsp3) is 0.294. The zero-order chi connectivity index (χ0) is 14.5. The van der Waals surface area contributed by atoms with Crippen LogP contribution in [0, 0.1) is 0 Å². The maximum Gasteiger partial charge on any atom is 0.0552 e. The Labute approximate surface area is 134 Å². The molecule has 0 amide bonds. The third kappa shape index (κ3) is 4.08. The average Bonchev–Trinajstić information content (AvgIpc) is 2.44. The van der Waals surface area contributed by atoms with Gasteiger partial charge in [0.05, 0.1) is 6.04 Å². The Morgan fingerprint density at radius 3 is 2.40 bits per heavy atom.